The largest absolute Gasteiger partial charge is 0.462 e. The van der Waals surface area contributed by atoms with Gasteiger partial charge in [-0.25, -0.2) is 4.79 Å². The minimum atomic E-state index is -0.405. The maximum atomic E-state index is 11.3. The smallest absolute Gasteiger partial charge is 0.338 e. The summed E-state index contributed by atoms with van der Waals surface area (Å²) in [6.45, 7) is 5.76. The summed E-state index contributed by atoms with van der Waals surface area (Å²) in [5, 5.41) is 0. The number of benzene rings is 1. The number of anilines is 1. The van der Waals surface area contributed by atoms with E-state index in [2.05, 4.69) is 6.58 Å². The van der Waals surface area contributed by atoms with E-state index >= 15 is 0 Å². The third-order valence-corrected chi connectivity index (χ3v) is 1.76. The number of nitrogen functional groups attached to an aromatic ring is 1. The van der Waals surface area contributed by atoms with Gasteiger partial charge in [-0.3, -0.25) is 0 Å². The number of hydrogen-bond donors (Lipinski definition) is 1. The Balaban J connectivity index is 2.84. The summed E-state index contributed by atoms with van der Waals surface area (Å²) in [6.07, 6.45) is 0. The summed E-state index contributed by atoms with van der Waals surface area (Å²) < 4.78 is 4.82. The number of nitrogens with two attached hydrogens (primary N) is 1. The van der Waals surface area contributed by atoms with Crippen molar-refractivity contribution in [2.45, 2.75) is 6.92 Å². The Kier molecular flexibility index (Phi) is 3.29. The molecule has 0 aliphatic heterocycles. The van der Waals surface area contributed by atoms with Crippen molar-refractivity contribution in [3.8, 4) is 0 Å². The maximum Gasteiger partial charge on any atom is 0.338 e. The van der Waals surface area contributed by atoms with Crippen molar-refractivity contribution in [2.75, 3.05) is 12.3 Å². The molecule has 0 saturated carbocycles. The molecule has 0 fully saturated rings. The number of carbonyl (C=O) groups excluding carboxylic acids is 1. The Labute approximate surface area is 83.2 Å². The fourth-order valence-corrected chi connectivity index (χ4v) is 1.06. The van der Waals surface area contributed by atoms with Gasteiger partial charge in [0.1, 0.15) is 0 Å². The normalized spacial score (nSPS) is 9.50. The van der Waals surface area contributed by atoms with Gasteiger partial charge in [-0.1, -0.05) is 18.7 Å². The highest BCUT2D eigenvalue weighted by Gasteiger charge is 2.09. The molecule has 1 aromatic rings. The summed E-state index contributed by atoms with van der Waals surface area (Å²) >= 11 is 0. The molecule has 0 atom stereocenters. The van der Waals surface area contributed by atoms with Gasteiger partial charge in [-0.05, 0) is 24.6 Å². The van der Waals surface area contributed by atoms with Crippen LogP contribution in [0.4, 0.5) is 5.69 Å². The minimum absolute atomic E-state index is 0.333. The number of hydrogen-bond acceptors (Lipinski definition) is 3. The van der Waals surface area contributed by atoms with E-state index in [1.807, 2.05) is 0 Å². The Morgan fingerprint density at radius 1 is 1.57 bits per heavy atom. The molecule has 1 aromatic carbocycles. The third kappa shape index (κ3) is 2.36. The lowest BCUT2D eigenvalue weighted by Crippen LogP contribution is -2.05. The second-order valence-electron chi connectivity index (χ2n) is 2.82. The summed E-state index contributed by atoms with van der Waals surface area (Å²) in [5.74, 6) is -0.405. The molecule has 0 saturated heterocycles. The van der Waals surface area contributed by atoms with Gasteiger partial charge in [-0.2, -0.15) is 0 Å². The van der Waals surface area contributed by atoms with Crippen LogP contribution in [0.5, 0.6) is 0 Å². The van der Waals surface area contributed by atoms with E-state index in [1.54, 1.807) is 31.2 Å². The highest BCUT2D eigenvalue weighted by Crippen LogP contribution is 2.16. The molecule has 0 unspecified atom stereocenters. The summed E-state index contributed by atoms with van der Waals surface area (Å²) in [4.78, 5) is 11.3. The number of ether oxygens (including phenoxy) is 1. The van der Waals surface area contributed by atoms with Crippen molar-refractivity contribution < 1.29 is 9.53 Å². The predicted octanol–water partition coefficient (Wildman–Crippen LogP) is 1.85. The highest BCUT2D eigenvalue weighted by atomic mass is 16.5. The zero-order valence-electron chi connectivity index (χ0n) is 8.12. The van der Waals surface area contributed by atoms with Crippen LogP contribution < -0.4 is 5.73 Å². The Morgan fingerprint density at radius 3 is 2.86 bits per heavy atom. The van der Waals surface area contributed by atoms with Crippen LogP contribution in [-0.2, 0) is 9.53 Å². The first-order valence-corrected chi connectivity index (χ1v) is 4.37. The van der Waals surface area contributed by atoms with Gasteiger partial charge in [-0.15, -0.1) is 0 Å². The highest BCUT2D eigenvalue weighted by molar-refractivity contribution is 6.15. The SMILES string of the molecule is C=C(C(=O)OCC)c1cccc(N)c1. The van der Waals surface area contributed by atoms with Gasteiger partial charge in [0.2, 0.25) is 0 Å². The average Bonchev–Trinajstić information content (AvgIpc) is 2.17. The molecule has 0 spiro atoms. The van der Waals surface area contributed by atoms with Gasteiger partial charge >= 0.3 is 5.97 Å². The molecule has 14 heavy (non-hydrogen) atoms. The quantitative estimate of drug-likeness (QED) is 0.450. The van der Waals surface area contributed by atoms with E-state index in [0.29, 0.717) is 23.4 Å². The first-order chi connectivity index (χ1) is 6.65. The van der Waals surface area contributed by atoms with Crippen LogP contribution in [0.3, 0.4) is 0 Å². The Morgan fingerprint density at radius 2 is 2.29 bits per heavy atom. The topological polar surface area (TPSA) is 52.3 Å². The van der Waals surface area contributed by atoms with Crippen LogP contribution in [0.2, 0.25) is 0 Å². The van der Waals surface area contributed by atoms with Crippen LogP contribution in [0.15, 0.2) is 30.8 Å². The monoisotopic (exact) mass is 191 g/mol. The van der Waals surface area contributed by atoms with Gasteiger partial charge in [0.05, 0.1) is 12.2 Å². The molecule has 74 valence electrons. The summed E-state index contributed by atoms with van der Waals surface area (Å²) in [6, 6.07) is 6.99. The van der Waals surface area contributed by atoms with Gasteiger partial charge < -0.3 is 10.5 Å². The molecule has 0 aromatic heterocycles. The predicted molar refractivity (Wildman–Crippen MR) is 56.5 cm³/mol. The first kappa shape index (κ1) is 10.3. The third-order valence-electron chi connectivity index (χ3n) is 1.76. The number of esters is 1. The summed E-state index contributed by atoms with van der Waals surface area (Å²) in [7, 11) is 0. The lowest BCUT2D eigenvalue weighted by atomic mass is 10.1. The van der Waals surface area contributed by atoms with Crippen molar-refractivity contribution >= 4 is 17.2 Å². The van der Waals surface area contributed by atoms with Crippen LogP contribution in [0, 0.1) is 0 Å². The second-order valence-corrected chi connectivity index (χ2v) is 2.82. The van der Waals surface area contributed by atoms with Crippen molar-refractivity contribution in [3.63, 3.8) is 0 Å². The van der Waals surface area contributed by atoms with Crippen LogP contribution in [0.1, 0.15) is 12.5 Å². The van der Waals surface area contributed by atoms with Crippen molar-refractivity contribution in [3.05, 3.63) is 36.4 Å². The zero-order chi connectivity index (χ0) is 10.6. The van der Waals surface area contributed by atoms with Crippen LogP contribution in [-0.4, -0.2) is 12.6 Å². The van der Waals surface area contributed by atoms with E-state index in [0.717, 1.165) is 0 Å². The van der Waals surface area contributed by atoms with Crippen molar-refractivity contribution in [1.29, 1.82) is 0 Å². The molecule has 0 aliphatic rings. The molecule has 3 heteroatoms. The van der Waals surface area contributed by atoms with Gasteiger partial charge in [0, 0.05) is 5.69 Å². The van der Waals surface area contributed by atoms with E-state index in [-0.39, 0.29) is 0 Å². The minimum Gasteiger partial charge on any atom is -0.462 e. The Bertz CT molecular complexity index is 358. The van der Waals surface area contributed by atoms with Gasteiger partial charge in [0.15, 0.2) is 0 Å². The standard InChI is InChI=1S/C11H13NO2/c1-3-14-11(13)8(2)9-5-4-6-10(12)7-9/h4-7H,2-3,12H2,1H3. The molecule has 0 bridgehead atoms. The van der Waals surface area contributed by atoms with Crippen molar-refractivity contribution in [2.24, 2.45) is 0 Å². The number of carbonyl (C=O) groups is 1. The lowest BCUT2D eigenvalue weighted by Gasteiger charge is -2.05. The molecule has 0 radical (unpaired) electrons. The molecule has 3 nitrogen and oxygen atoms in total. The fourth-order valence-electron chi connectivity index (χ4n) is 1.06. The maximum absolute atomic E-state index is 11.3. The lowest BCUT2D eigenvalue weighted by molar-refractivity contribution is -0.136. The molecule has 0 aliphatic carbocycles. The molecule has 1 rings (SSSR count). The first-order valence-electron chi connectivity index (χ1n) is 4.37. The Hall–Kier alpha value is -1.77. The average molecular weight is 191 g/mol. The van der Waals surface area contributed by atoms with E-state index in [1.165, 1.54) is 0 Å². The second kappa shape index (κ2) is 4.46. The summed E-state index contributed by atoms with van der Waals surface area (Å²) in [5.41, 5.74) is 7.21. The van der Waals surface area contributed by atoms with E-state index < -0.39 is 5.97 Å². The van der Waals surface area contributed by atoms with Crippen molar-refractivity contribution in [1.82, 2.24) is 0 Å². The van der Waals surface area contributed by atoms with E-state index in [9.17, 15) is 4.79 Å². The molecular formula is C11H13NO2. The fraction of sp³-hybridized carbons (Fsp3) is 0.182. The van der Waals surface area contributed by atoms with Crippen LogP contribution >= 0.6 is 0 Å². The van der Waals surface area contributed by atoms with Crippen LogP contribution in [0.25, 0.3) is 5.57 Å². The molecular weight excluding hydrogens is 178 g/mol. The van der Waals surface area contributed by atoms with E-state index in [4.69, 9.17) is 10.5 Å². The molecule has 2 N–H and O–H groups in total. The van der Waals surface area contributed by atoms with Gasteiger partial charge in [0.25, 0.3) is 0 Å². The molecule has 0 heterocycles. The zero-order valence-corrected chi connectivity index (χ0v) is 8.12. The molecule has 0 amide bonds. The number of rotatable bonds is 3.